The van der Waals surface area contributed by atoms with Gasteiger partial charge in [-0.3, -0.25) is 14.0 Å². The van der Waals surface area contributed by atoms with E-state index >= 15 is 0 Å². The molecule has 1 aliphatic rings. The first kappa shape index (κ1) is 20.1. The van der Waals surface area contributed by atoms with Crippen LogP contribution in [0.1, 0.15) is 58.6 Å². The monoisotopic (exact) mass is 419 g/mol. The Hall–Kier alpha value is -3.23. The lowest BCUT2D eigenvalue weighted by molar-refractivity contribution is -0.137. The predicted octanol–water partition coefficient (Wildman–Crippen LogP) is 4.57. The number of amides is 1. The second kappa shape index (κ2) is 7.23. The quantitative estimate of drug-likeness (QED) is 0.581. The maximum absolute atomic E-state index is 13.7. The summed E-state index contributed by atoms with van der Waals surface area (Å²) in [5.74, 6) is -1.43. The van der Waals surface area contributed by atoms with Gasteiger partial charge in [0, 0.05) is 18.5 Å². The molecule has 158 valence electrons. The van der Waals surface area contributed by atoms with Crippen LogP contribution in [0.25, 0.3) is 5.65 Å². The fourth-order valence-corrected chi connectivity index (χ4v) is 4.07. The molecule has 0 aliphatic heterocycles. The normalized spacial score (nSPS) is 15.1. The van der Waals surface area contributed by atoms with Crippen LogP contribution in [0, 0.1) is 6.92 Å². The van der Waals surface area contributed by atoms with E-state index < -0.39 is 28.9 Å². The number of aromatic nitrogens is 2. The number of phenols is 1. The van der Waals surface area contributed by atoms with Crippen molar-refractivity contribution in [2.24, 2.45) is 0 Å². The first-order valence-electron chi connectivity index (χ1n) is 9.61. The Morgan fingerprint density at radius 2 is 1.93 bits per heavy atom. The lowest BCUT2D eigenvalue weighted by Crippen LogP contribution is -2.27. The average molecular weight is 419 g/mol. The zero-order valence-electron chi connectivity index (χ0n) is 16.1. The van der Waals surface area contributed by atoms with Crippen LogP contribution < -0.4 is 10.9 Å². The van der Waals surface area contributed by atoms with Gasteiger partial charge in [-0.2, -0.15) is 13.2 Å². The lowest BCUT2D eigenvalue weighted by Gasteiger charge is -2.19. The first-order valence-corrected chi connectivity index (χ1v) is 9.61. The number of anilines is 1. The van der Waals surface area contributed by atoms with Crippen molar-refractivity contribution in [3.05, 3.63) is 63.2 Å². The van der Waals surface area contributed by atoms with Crippen LogP contribution in [0.4, 0.5) is 18.9 Å². The van der Waals surface area contributed by atoms with Crippen molar-refractivity contribution >= 4 is 17.2 Å². The fourth-order valence-electron chi connectivity index (χ4n) is 4.07. The minimum atomic E-state index is -4.74. The van der Waals surface area contributed by atoms with E-state index in [1.807, 2.05) is 0 Å². The van der Waals surface area contributed by atoms with Crippen LogP contribution in [-0.2, 0) is 6.18 Å². The number of H-pyrrole nitrogens is 1. The summed E-state index contributed by atoms with van der Waals surface area (Å²) >= 11 is 0. The fraction of sp³-hybridized carbons (Fsp3) is 0.333. The summed E-state index contributed by atoms with van der Waals surface area (Å²) in [6.45, 7) is 1.77. The van der Waals surface area contributed by atoms with Crippen LogP contribution in [0.15, 0.2) is 35.4 Å². The van der Waals surface area contributed by atoms with Gasteiger partial charge in [0.15, 0.2) is 0 Å². The molecule has 1 saturated carbocycles. The number of benzene rings is 1. The molecule has 6 nitrogen and oxygen atoms in total. The molecular formula is C21H20F3N3O3. The highest BCUT2D eigenvalue weighted by molar-refractivity contribution is 6.04. The minimum Gasteiger partial charge on any atom is -0.508 e. The predicted molar refractivity (Wildman–Crippen MR) is 105 cm³/mol. The van der Waals surface area contributed by atoms with Crippen molar-refractivity contribution in [2.45, 2.75) is 44.7 Å². The second-order valence-corrected chi connectivity index (χ2v) is 7.67. The summed E-state index contributed by atoms with van der Waals surface area (Å²) < 4.78 is 42.3. The van der Waals surface area contributed by atoms with E-state index in [-0.39, 0.29) is 22.8 Å². The van der Waals surface area contributed by atoms with Crippen molar-refractivity contribution in [1.82, 2.24) is 9.38 Å². The van der Waals surface area contributed by atoms with Crippen molar-refractivity contribution in [3.8, 4) is 5.75 Å². The third kappa shape index (κ3) is 3.55. The highest BCUT2D eigenvalue weighted by atomic mass is 19.4. The Morgan fingerprint density at radius 3 is 2.60 bits per heavy atom. The number of aryl methyl sites for hydroxylation is 1. The van der Waals surface area contributed by atoms with Crippen LogP contribution in [-0.4, -0.2) is 20.4 Å². The molecule has 0 bridgehead atoms. The third-order valence-corrected chi connectivity index (χ3v) is 5.53. The molecule has 0 atom stereocenters. The van der Waals surface area contributed by atoms with Gasteiger partial charge in [-0.15, -0.1) is 0 Å². The third-order valence-electron chi connectivity index (χ3n) is 5.53. The van der Waals surface area contributed by atoms with E-state index in [1.54, 1.807) is 13.0 Å². The van der Waals surface area contributed by atoms with Gasteiger partial charge in [-0.1, -0.05) is 12.8 Å². The SMILES string of the molecule is Cc1cc2[nH]cc(C(=O)Nc3cc(O)c(C4CCCC4)cc3C(F)(F)F)c(=O)n2c1. The Morgan fingerprint density at radius 1 is 1.23 bits per heavy atom. The topological polar surface area (TPSA) is 86.6 Å². The molecular weight excluding hydrogens is 399 g/mol. The van der Waals surface area contributed by atoms with Gasteiger partial charge < -0.3 is 15.4 Å². The lowest BCUT2D eigenvalue weighted by atomic mass is 9.94. The number of nitrogens with one attached hydrogen (secondary N) is 2. The van der Waals surface area contributed by atoms with Crippen LogP contribution in [0.2, 0.25) is 0 Å². The Kier molecular flexibility index (Phi) is 4.83. The number of carbonyl (C=O) groups is 1. The summed E-state index contributed by atoms with van der Waals surface area (Å²) in [5, 5.41) is 12.5. The number of fused-ring (bicyclic) bond motifs is 1. The van der Waals surface area contributed by atoms with E-state index in [1.165, 1.54) is 10.6 Å². The van der Waals surface area contributed by atoms with E-state index in [0.717, 1.165) is 36.7 Å². The molecule has 3 N–H and O–H groups in total. The number of carbonyl (C=O) groups excluding carboxylic acids is 1. The zero-order valence-corrected chi connectivity index (χ0v) is 16.1. The molecule has 4 rings (SSSR count). The summed E-state index contributed by atoms with van der Waals surface area (Å²) in [5.41, 5.74) is -1.16. The van der Waals surface area contributed by atoms with Crippen LogP contribution >= 0.6 is 0 Å². The van der Waals surface area contributed by atoms with Gasteiger partial charge >= 0.3 is 6.18 Å². The van der Waals surface area contributed by atoms with Crippen molar-refractivity contribution in [2.75, 3.05) is 5.32 Å². The smallest absolute Gasteiger partial charge is 0.418 e. The molecule has 2 aromatic heterocycles. The number of alkyl halides is 3. The van der Waals surface area contributed by atoms with Gasteiger partial charge in [0.25, 0.3) is 11.5 Å². The molecule has 9 heteroatoms. The number of hydrogen-bond donors (Lipinski definition) is 3. The molecule has 2 heterocycles. The number of aromatic hydroxyl groups is 1. The van der Waals surface area contributed by atoms with Crippen LogP contribution in [0.3, 0.4) is 0 Å². The van der Waals surface area contributed by atoms with Gasteiger partial charge in [0.1, 0.15) is 17.0 Å². The molecule has 3 aromatic rings. The largest absolute Gasteiger partial charge is 0.508 e. The van der Waals surface area contributed by atoms with E-state index in [4.69, 9.17) is 0 Å². The molecule has 0 unspecified atom stereocenters. The number of rotatable bonds is 3. The molecule has 1 amide bonds. The molecule has 1 fully saturated rings. The maximum atomic E-state index is 13.7. The van der Waals surface area contributed by atoms with Crippen LogP contribution in [0.5, 0.6) is 5.75 Å². The summed E-state index contributed by atoms with van der Waals surface area (Å²) in [6.07, 6.45) is 1.16. The zero-order chi connectivity index (χ0) is 21.6. The number of halogens is 3. The number of phenolic OH excluding ortho intramolecular Hbond substituents is 1. The molecule has 0 spiro atoms. The Balaban J connectivity index is 1.73. The average Bonchev–Trinajstić information content (AvgIpc) is 3.30. The van der Waals surface area contributed by atoms with E-state index in [2.05, 4.69) is 10.3 Å². The van der Waals surface area contributed by atoms with Gasteiger partial charge in [-0.25, -0.2) is 0 Å². The second-order valence-electron chi connectivity index (χ2n) is 7.67. The molecule has 1 aromatic carbocycles. The van der Waals surface area contributed by atoms with Crippen molar-refractivity contribution in [3.63, 3.8) is 0 Å². The standard InChI is InChI=1S/C21H20F3N3O3/c1-11-6-18-25-9-14(20(30)27(18)10-11)19(29)26-16-8-17(28)13(12-4-2-3-5-12)7-15(16)21(22,23)24/h6-10,12,25,28H,2-5H2,1H3,(H,26,29). The van der Waals surface area contributed by atoms with Gasteiger partial charge in [0.05, 0.1) is 11.3 Å². The van der Waals surface area contributed by atoms with E-state index in [9.17, 15) is 27.9 Å². The Bertz CT molecular complexity index is 1190. The molecule has 0 radical (unpaired) electrons. The first-order chi connectivity index (χ1) is 14.1. The summed E-state index contributed by atoms with van der Waals surface area (Å²) in [4.78, 5) is 28.0. The summed E-state index contributed by atoms with van der Waals surface area (Å²) in [6, 6.07) is 3.52. The minimum absolute atomic E-state index is 0.141. The van der Waals surface area contributed by atoms with E-state index in [0.29, 0.717) is 18.5 Å². The maximum Gasteiger partial charge on any atom is 0.418 e. The molecule has 1 aliphatic carbocycles. The van der Waals surface area contributed by atoms with Gasteiger partial charge in [0.2, 0.25) is 0 Å². The summed E-state index contributed by atoms with van der Waals surface area (Å²) in [7, 11) is 0. The van der Waals surface area contributed by atoms with Crippen molar-refractivity contribution < 1.29 is 23.1 Å². The highest BCUT2D eigenvalue weighted by Crippen LogP contribution is 2.44. The number of hydrogen-bond acceptors (Lipinski definition) is 3. The van der Waals surface area contributed by atoms with Gasteiger partial charge in [-0.05, 0) is 48.9 Å². The number of aromatic amines is 1. The Labute approximate surface area is 169 Å². The number of nitrogens with zero attached hydrogens (tertiary/aromatic N) is 1. The molecule has 30 heavy (non-hydrogen) atoms. The van der Waals surface area contributed by atoms with Crippen molar-refractivity contribution in [1.29, 1.82) is 0 Å². The highest BCUT2D eigenvalue weighted by Gasteiger charge is 2.36. The molecule has 0 saturated heterocycles.